The van der Waals surface area contributed by atoms with E-state index in [0.717, 1.165) is 0 Å². The smallest absolute Gasteiger partial charge is 0.0619 e. The fraction of sp³-hybridized carbons (Fsp3) is 0.125. The number of benzene rings is 2. The zero-order valence-electron chi connectivity index (χ0n) is 10.3. The molecule has 0 amide bonds. The van der Waals surface area contributed by atoms with Gasteiger partial charge in [-0.2, -0.15) is 0 Å². The van der Waals surface area contributed by atoms with Gasteiger partial charge in [0.25, 0.3) is 0 Å². The van der Waals surface area contributed by atoms with E-state index in [0.29, 0.717) is 0 Å². The Bertz CT molecular complexity index is 483. The summed E-state index contributed by atoms with van der Waals surface area (Å²) < 4.78 is 0. The Morgan fingerprint density at radius 1 is 0.824 bits per heavy atom. The third kappa shape index (κ3) is 3.01. The predicted octanol–water partition coefficient (Wildman–Crippen LogP) is 4.56. The van der Waals surface area contributed by atoms with Gasteiger partial charge in [-0.3, -0.25) is 0 Å². The number of allylic oxidation sites excluding steroid dienone is 1. The molecule has 0 fully saturated rings. The normalized spacial score (nSPS) is 12.8. The van der Waals surface area contributed by atoms with Gasteiger partial charge >= 0.3 is 0 Å². The average Bonchev–Trinajstić information content (AvgIpc) is 2.38. The van der Waals surface area contributed by atoms with Crippen molar-refractivity contribution in [1.82, 2.24) is 0 Å². The Morgan fingerprint density at radius 2 is 1.41 bits per heavy atom. The van der Waals surface area contributed by atoms with E-state index < -0.39 is 0 Å². The summed E-state index contributed by atoms with van der Waals surface area (Å²) in [6.45, 7) is 4.21. The second kappa shape index (κ2) is 5.74. The van der Waals surface area contributed by atoms with Crippen LogP contribution in [0.25, 0.3) is 0 Å². The van der Waals surface area contributed by atoms with Gasteiger partial charge in [0.1, 0.15) is 5.41 Å². The van der Waals surface area contributed by atoms with Gasteiger partial charge in [-0.15, -0.1) is 0 Å². The van der Waals surface area contributed by atoms with Crippen molar-refractivity contribution in [1.29, 1.82) is 0 Å². The van der Waals surface area contributed by atoms with Crippen molar-refractivity contribution in [2.24, 2.45) is 0 Å². The van der Waals surface area contributed by atoms with Gasteiger partial charge in [0.05, 0.1) is 10.9 Å². The molecule has 2 rings (SSSR count). The van der Waals surface area contributed by atoms with Crippen LogP contribution in [0.2, 0.25) is 0 Å². The molecule has 0 saturated heterocycles. The molecule has 1 atom stereocenters. The third-order valence-electron chi connectivity index (χ3n) is 2.54. The molecule has 0 spiro atoms. The summed E-state index contributed by atoms with van der Waals surface area (Å²) >= 11 is 0. The maximum absolute atomic E-state index is 2.28. The van der Waals surface area contributed by atoms with E-state index in [2.05, 4.69) is 79.9 Å². The van der Waals surface area contributed by atoms with Crippen molar-refractivity contribution in [3.05, 3.63) is 71.6 Å². The maximum Gasteiger partial charge on any atom is 0.165 e. The summed E-state index contributed by atoms with van der Waals surface area (Å²) in [6, 6.07) is 19.5. The van der Waals surface area contributed by atoms with Crippen molar-refractivity contribution in [2.45, 2.75) is 23.6 Å². The van der Waals surface area contributed by atoms with Gasteiger partial charge < -0.3 is 0 Å². The molecule has 0 bridgehead atoms. The summed E-state index contributed by atoms with van der Waals surface area (Å²) in [7, 11) is 0.0599. The molecule has 0 aliphatic heterocycles. The van der Waals surface area contributed by atoms with Crippen LogP contribution in [0.1, 0.15) is 12.5 Å². The number of rotatable bonds is 3. The quantitative estimate of drug-likeness (QED) is 0.691. The van der Waals surface area contributed by atoms with E-state index in [1.807, 2.05) is 0 Å². The number of aryl methyl sites for hydroxylation is 1. The Labute approximate surface area is 106 Å². The van der Waals surface area contributed by atoms with Crippen molar-refractivity contribution in [3.8, 4) is 0 Å². The SMILES string of the molecule is C/C=C/[S+](c1ccccc1)c1ccc(C)cc1. The fourth-order valence-corrected chi connectivity index (χ4v) is 3.42. The lowest BCUT2D eigenvalue weighted by atomic mass is 10.2. The molecule has 0 radical (unpaired) electrons. The molecule has 0 N–H and O–H groups in total. The molecular weight excluding hydrogens is 224 g/mol. The summed E-state index contributed by atoms with van der Waals surface area (Å²) in [5.41, 5.74) is 1.31. The molecule has 0 aliphatic rings. The van der Waals surface area contributed by atoms with Gasteiger partial charge in [0.2, 0.25) is 0 Å². The first-order valence-corrected chi connectivity index (χ1v) is 7.07. The van der Waals surface area contributed by atoms with Crippen LogP contribution in [0.3, 0.4) is 0 Å². The minimum Gasteiger partial charge on any atom is -0.0619 e. The average molecular weight is 241 g/mol. The summed E-state index contributed by atoms with van der Waals surface area (Å²) in [5, 5.41) is 2.28. The van der Waals surface area contributed by atoms with Crippen molar-refractivity contribution < 1.29 is 0 Å². The van der Waals surface area contributed by atoms with E-state index in [-0.39, 0.29) is 10.9 Å². The lowest BCUT2D eigenvalue weighted by Crippen LogP contribution is -1.99. The van der Waals surface area contributed by atoms with Crippen LogP contribution >= 0.6 is 0 Å². The van der Waals surface area contributed by atoms with Crippen LogP contribution in [0.4, 0.5) is 0 Å². The zero-order valence-corrected chi connectivity index (χ0v) is 11.1. The van der Waals surface area contributed by atoms with Crippen molar-refractivity contribution >= 4 is 10.9 Å². The lowest BCUT2D eigenvalue weighted by Gasteiger charge is -2.03. The van der Waals surface area contributed by atoms with E-state index in [1.54, 1.807) is 0 Å². The van der Waals surface area contributed by atoms with Gasteiger partial charge in [0.15, 0.2) is 9.79 Å². The highest BCUT2D eigenvalue weighted by molar-refractivity contribution is 7.99. The molecule has 0 heterocycles. The Balaban J connectivity index is 2.39. The fourth-order valence-electron chi connectivity index (χ4n) is 1.68. The molecule has 0 saturated carbocycles. The van der Waals surface area contributed by atoms with E-state index in [1.165, 1.54) is 15.4 Å². The molecule has 2 aromatic carbocycles. The van der Waals surface area contributed by atoms with E-state index in [9.17, 15) is 0 Å². The second-order valence-corrected chi connectivity index (χ2v) is 5.82. The topological polar surface area (TPSA) is 0 Å². The van der Waals surface area contributed by atoms with E-state index in [4.69, 9.17) is 0 Å². The first kappa shape index (κ1) is 12.0. The first-order valence-electron chi connectivity index (χ1n) is 5.79. The second-order valence-electron chi connectivity index (χ2n) is 3.93. The van der Waals surface area contributed by atoms with Crippen LogP contribution in [-0.2, 0) is 10.9 Å². The van der Waals surface area contributed by atoms with Crippen LogP contribution < -0.4 is 0 Å². The maximum atomic E-state index is 2.28. The number of hydrogen-bond donors (Lipinski definition) is 0. The molecule has 0 aromatic heterocycles. The highest BCUT2D eigenvalue weighted by atomic mass is 32.2. The molecule has 86 valence electrons. The van der Waals surface area contributed by atoms with E-state index >= 15 is 0 Å². The number of hydrogen-bond acceptors (Lipinski definition) is 0. The zero-order chi connectivity index (χ0) is 12.1. The largest absolute Gasteiger partial charge is 0.165 e. The van der Waals surface area contributed by atoms with Gasteiger partial charge in [0, 0.05) is 0 Å². The van der Waals surface area contributed by atoms with Gasteiger partial charge in [-0.25, -0.2) is 0 Å². The molecule has 1 unspecified atom stereocenters. The molecule has 0 aliphatic carbocycles. The Kier molecular flexibility index (Phi) is 4.05. The monoisotopic (exact) mass is 241 g/mol. The van der Waals surface area contributed by atoms with Crippen LogP contribution in [0, 0.1) is 6.92 Å². The predicted molar refractivity (Wildman–Crippen MR) is 76.3 cm³/mol. The minimum absolute atomic E-state index is 0.0599. The molecule has 0 nitrogen and oxygen atoms in total. The van der Waals surface area contributed by atoms with Gasteiger partial charge in [-0.1, -0.05) is 35.9 Å². The molecule has 2 aromatic rings. The van der Waals surface area contributed by atoms with Crippen molar-refractivity contribution in [3.63, 3.8) is 0 Å². The molecule has 17 heavy (non-hydrogen) atoms. The molecule has 1 heteroatoms. The first-order chi connectivity index (χ1) is 8.31. The Hall–Kier alpha value is -1.47. The standard InChI is InChI=1S/C16H17S/c1-3-13-17(15-7-5-4-6-8-15)16-11-9-14(2)10-12-16/h3-13H,1-2H3/q+1/b13-3+. The minimum atomic E-state index is 0.0599. The lowest BCUT2D eigenvalue weighted by molar-refractivity contribution is 1.35. The highest BCUT2D eigenvalue weighted by Gasteiger charge is 2.21. The third-order valence-corrected chi connectivity index (χ3v) is 4.65. The van der Waals surface area contributed by atoms with Gasteiger partial charge in [-0.05, 0) is 44.2 Å². The van der Waals surface area contributed by atoms with Crippen LogP contribution in [-0.4, -0.2) is 0 Å². The van der Waals surface area contributed by atoms with Crippen LogP contribution in [0.15, 0.2) is 75.9 Å². The Morgan fingerprint density at radius 3 is 2.00 bits per heavy atom. The summed E-state index contributed by atoms with van der Waals surface area (Å²) in [5.74, 6) is 0. The molecular formula is C16H17S+. The summed E-state index contributed by atoms with van der Waals surface area (Å²) in [6.07, 6.45) is 2.13. The summed E-state index contributed by atoms with van der Waals surface area (Å²) in [4.78, 5) is 2.74. The highest BCUT2D eigenvalue weighted by Crippen LogP contribution is 2.24. The van der Waals surface area contributed by atoms with Crippen LogP contribution in [0.5, 0.6) is 0 Å². The van der Waals surface area contributed by atoms with Crippen molar-refractivity contribution in [2.75, 3.05) is 0 Å².